The number of aromatic hydroxyl groups is 1. The molecule has 26 heavy (non-hydrogen) atoms. The number of rotatable bonds is 4. The molecule has 4 rings (SSSR count). The number of phenols is 1. The minimum absolute atomic E-state index is 0. The SMILES string of the molecule is Br.Oc1cccc(C23CCC(C2)N(CCc2ccc(Cl)c(Cl)c2)CC3)c1. The Labute approximate surface area is 175 Å². The minimum atomic E-state index is 0. The van der Waals surface area contributed by atoms with Gasteiger partial charge in [0.15, 0.2) is 0 Å². The molecule has 0 radical (unpaired) electrons. The van der Waals surface area contributed by atoms with Crippen molar-refractivity contribution in [2.75, 3.05) is 13.1 Å². The number of piperidine rings is 1. The molecule has 1 saturated carbocycles. The molecule has 2 unspecified atom stereocenters. The van der Waals surface area contributed by atoms with Crippen LogP contribution >= 0.6 is 40.2 Å². The molecule has 140 valence electrons. The summed E-state index contributed by atoms with van der Waals surface area (Å²) in [4.78, 5) is 2.64. The van der Waals surface area contributed by atoms with Crippen molar-refractivity contribution in [1.29, 1.82) is 0 Å². The first-order valence-corrected chi connectivity index (χ1v) is 9.79. The van der Waals surface area contributed by atoms with E-state index in [0.29, 0.717) is 21.8 Å². The zero-order valence-electron chi connectivity index (χ0n) is 14.6. The molecule has 0 aromatic heterocycles. The Morgan fingerprint density at radius 3 is 2.69 bits per heavy atom. The maximum atomic E-state index is 9.84. The third-order valence-electron chi connectivity index (χ3n) is 6.11. The lowest BCUT2D eigenvalue weighted by Gasteiger charge is -2.40. The Kier molecular flexibility index (Phi) is 6.23. The summed E-state index contributed by atoms with van der Waals surface area (Å²) in [5, 5.41) is 11.1. The second kappa shape index (κ2) is 8.10. The molecule has 2 bridgehead atoms. The Balaban J connectivity index is 0.00000196. The average Bonchev–Trinajstić information content (AvgIpc) is 2.96. The number of benzene rings is 2. The van der Waals surface area contributed by atoms with Gasteiger partial charge in [0, 0.05) is 12.6 Å². The molecule has 1 aliphatic heterocycles. The Morgan fingerprint density at radius 2 is 1.92 bits per heavy atom. The summed E-state index contributed by atoms with van der Waals surface area (Å²) < 4.78 is 0. The first-order chi connectivity index (χ1) is 12.1. The van der Waals surface area contributed by atoms with Crippen LogP contribution < -0.4 is 0 Å². The number of hydrogen-bond acceptors (Lipinski definition) is 2. The Bertz CT molecular complexity index is 784. The quantitative estimate of drug-likeness (QED) is 0.608. The largest absolute Gasteiger partial charge is 0.508 e. The highest BCUT2D eigenvalue weighted by atomic mass is 79.9. The second-order valence-electron chi connectivity index (χ2n) is 7.51. The van der Waals surface area contributed by atoms with Crippen LogP contribution in [0.1, 0.15) is 36.8 Å². The molecule has 2 aliphatic rings. The number of likely N-dealkylation sites (tertiary alicyclic amines) is 1. The number of hydrogen-bond donors (Lipinski definition) is 1. The van der Waals surface area contributed by atoms with E-state index in [0.717, 1.165) is 19.5 Å². The van der Waals surface area contributed by atoms with E-state index in [1.807, 2.05) is 24.3 Å². The minimum Gasteiger partial charge on any atom is -0.508 e. The summed E-state index contributed by atoms with van der Waals surface area (Å²) >= 11 is 12.1. The second-order valence-corrected chi connectivity index (χ2v) is 8.33. The van der Waals surface area contributed by atoms with Crippen molar-refractivity contribution >= 4 is 40.2 Å². The van der Waals surface area contributed by atoms with Gasteiger partial charge in [-0.05, 0) is 79.5 Å². The summed E-state index contributed by atoms with van der Waals surface area (Å²) in [5.41, 5.74) is 2.83. The maximum absolute atomic E-state index is 9.84. The standard InChI is InChI=1S/C21H23Cl2NO.BrH/c22-19-5-4-15(12-20(19)23)7-10-24-11-9-21(8-6-17(24)14-21)16-2-1-3-18(25)13-16;/h1-5,12-13,17,25H,6-11,14H2;1H. The fourth-order valence-electron chi connectivity index (χ4n) is 4.68. The fraction of sp³-hybridized carbons (Fsp3) is 0.429. The molecule has 2 aromatic carbocycles. The molecule has 2 fully saturated rings. The molecular formula is C21H24BrCl2NO. The third-order valence-corrected chi connectivity index (χ3v) is 6.85. The zero-order valence-corrected chi connectivity index (χ0v) is 17.9. The van der Waals surface area contributed by atoms with Crippen LogP contribution in [0.4, 0.5) is 0 Å². The zero-order chi connectivity index (χ0) is 17.4. The first-order valence-electron chi connectivity index (χ1n) is 9.03. The highest BCUT2D eigenvalue weighted by Crippen LogP contribution is 2.49. The molecular weight excluding hydrogens is 433 g/mol. The molecule has 1 N–H and O–H groups in total. The lowest BCUT2D eigenvalue weighted by Crippen LogP contribution is -2.43. The summed E-state index contributed by atoms with van der Waals surface area (Å²) in [6.07, 6.45) is 5.86. The van der Waals surface area contributed by atoms with Crippen LogP contribution in [0.5, 0.6) is 5.75 Å². The monoisotopic (exact) mass is 455 g/mol. The van der Waals surface area contributed by atoms with Gasteiger partial charge in [0.05, 0.1) is 10.0 Å². The van der Waals surface area contributed by atoms with Crippen LogP contribution in [0.3, 0.4) is 0 Å². The van der Waals surface area contributed by atoms with E-state index in [2.05, 4.69) is 17.0 Å². The van der Waals surface area contributed by atoms with Gasteiger partial charge in [0.25, 0.3) is 0 Å². The number of phenolic OH excluding ortho intramolecular Hbond substituents is 1. The smallest absolute Gasteiger partial charge is 0.115 e. The van der Waals surface area contributed by atoms with E-state index < -0.39 is 0 Å². The normalized spacial score (nSPS) is 25.1. The van der Waals surface area contributed by atoms with Crippen LogP contribution in [0, 0.1) is 0 Å². The van der Waals surface area contributed by atoms with Crippen LogP contribution in [-0.4, -0.2) is 29.1 Å². The molecule has 2 atom stereocenters. The first kappa shape index (κ1) is 20.0. The predicted molar refractivity (Wildman–Crippen MR) is 114 cm³/mol. The van der Waals surface area contributed by atoms with Gasteiger partial charge in [-0.3, -0.25) is 4.90 Å². The van der Waals surface area contributed by atoms with Crippen molar-refractivity contribution in [1.82, 2.24) is 4.90 Å². The van der Waals surface area contributed by atoms with E-state index in [1.54, 1.807) is 6.07 Å². The predicted octanol–water partition coefficient (Wildman–Crippen LogP) is 6.02. The summed E-state index contributed by atoms with van der Waals surface area (Å²) in [5.74, 6) is 0.386. The molecule has 1 heterocycles. The molecule has 1 aliphatic carbocycles. The third kappa shape index (κ3) is 3.91. The number of halogens is 3. The van der Waals surface area contributed by atoms with Crippen LogP contribution in [0.15, 0.2) is 42.5 Å². The van der Waals surface area contributed by atoms with Crippen molar-refractivity contribution in [2.24, 2.45) is 0 Å². The topological polar surface area (TPSA) is 23.5 Å². The lowest BCUT2D eigenvalue weighted by atomic mass is 9.74. The summed E-state index contributed by atoms with van der Waals surface area (Å²) in [6, 6.07) is 14.5. The molecule has 0 amide bonds. The summed E-state index contributed by atoms with van der Waals surface area (Å²) in [7, 11) is 0. The van der Waals surface area contributed by atoms with E-state index in [4.69, 9.17) is 23.2 Å². The van der Waals surface area contributed by atoms with E-state index in [1.165, 1.54) is 36.8 Å². The van der Waals surface area contributed by atoms with Gasteiger partial charge < -0.3 is 5.11 Å². The van der Waals surface area contributed by atoms with Gasteiger partial charge in [-0.15, -0.1) is 17.0 Å². The highest BCUT2D eigenvalue weighted by molar-refractivity contribution is 8.93. The lowest BCUT2D eigenvalue weighted by molar-refractivity contribution is 0.142. The maximum Gasteiger partial charge on any atom is 0.115 e. The van der Waals surface area contributed by atoms with Crippen molar-refractivity contribution in [3.63, 3.8) is 0 Å². The van der Waals surface area contributed by atoms with E-state index >= 15 is 0 Å². The summed E-state index contributed by atoms with van der Waals surface area (Å²) in [6.45, 7) is 2.19. The van der Waals surface area contributed by atoms with E-state index in [9.17, 15) is 5.11 Å². The molecule has 2 nitrogen and oxygen atoms in total. The van der Waals surface area contributed by atoms with Gasteiger partial charge in [-0.25, -0.2) is 0 Å². The number of nitrogens with zero attached hydrogens (tertiary/aromatic N) is 1. The molecule has 5 heteroatoms. The van der Waals surface area contributed by atoms with Gasteiger partial charge >= 0.3 is 0 Å². The fourth-order valence-corrected chi connectivity index (χ4v) is 5.00. The van der Waals surface area contributed by atoms with Crippen molar-refractivity contribution in [2.45, 2.75) is 43.6 Å². The highest BCUT2D eigenvalue weighted by Gasteiger charge is 2.46. The van der Waals surface area contributed by atoms with Crippen LogP contribution in [-0.2, 0) is 11.8 Å². The van der Waals surface area contributed by atoms with Gasteiger partial charge in [-0.2, -0.15) is 0 Å². The van der Waals surface area contributed by atoms with Gasteiger partial charge in [0.2, 0.25) is 0 Å². The average molecular weight is 457 g/mol. The van der Waals surface area contributed by atoms with Crippen molar-refractivity contribution in [3.8, 4) is 5.75 Å². The van der Waals surface area contributed by atoms with Gasteiger partial charge in [0.1, 0.15) is 5.75 Å². The van der Waals surface area contributed by atoms with Crippen LogP contribution in [0.25, 0.3) is 0 Å². The van der Waals surface area contributed by atoms with E-state index in [-0.39, 0.29) is 22.4 Å². The number of fused-ring (bicyclic) bond motifs is 2. The van der Waals surface area contributed by atoms with Crippen molar-refractivity contribution < 1.29 is 5.11 Å². The van der Waals surface area contributed by atoms with Crippen molar-refractivity contribution in [3.05, 3.63) is 63.6 Å². The molecule has 1 saturated heterocycles. The Morgan fingerprint density at radius 1 is 1.08 bits per heavy atom. The van der Waals surface area contributed by atoms with Gasteiger partial charge in [-0.1, -0.05) is 41.4 Å². The molecule has 0 spiro atoms. The molecule has 2 aromatic rings. The van der Waals surface area contributed by atoms with Crippen LogP contribution in [0.2, 0.25) is 10.0 Å². The Hall–Kier alpha value is -0.740.